The Morgan fingerprint density at radius 2 is 1.78 bits per heavy atom. The summed E-state index contributed by atoms with van der Waals surface area (Å²) in [5.74, 6) is 0.128. The highest BCUT2D eigenvalue weighted by atomic mass is 19.4. The number of alkyl halides is 3. The number of carbonyl (C=O) groups is 2. The summed E-state index contributed by atoms with van der Waals surface area (Å²) in [7, 11) is 0. The van der Waals surface area contributed by atoms with Crippen molar-refractivity contribution in [3.05, 3.63) is 58.7 Å². The molecule has 2 aromatic rings. The van der Waals surface area contributed by atoms with Gasteiger partial charge in [-0.3, -0.25) is 14.9 Å². The van der Waals surface area contributed by atoms with Gasteiger partial charge in [-0.25, -0.2) is 4.99 Å². The molecule has 1 saturated carbocycles. The first-order valence-corrected chi connectivity index (χ1v) is 17.9. The third kappa shape index (κ3) is 8.35. The molecule has 3 heterocycles. The molecule has 0 aromatic heterocycles. The minimum Gasteiger partial charge on any atom is -0.493 e. The smallest absolute Gasteiger partial charge is 0.398 e. The van der Waals surface area contributed by atoms with Crippen molar-refractivity contribution < 1.29 is 32.2 Å². The lowest BCUT2D eigenvalue weighted by molar-refractivity contribution is -0.218. The van der Waals surface area contributed by atoms with Gasteiger partial charge in [-0.15, -0.1) is 0 Å². The van der Waals surface area contributed by atoms with Crippen molar-refractivity contribution in [1.29, 1.82) is 0 Å². The van der Waals surface area contributed by atoms with Gasteiger partial charge in [0.25, 0.3) is 5.91 Å². The van der Waals surface area contributed by atoms with E-state index in [1.807, 2.05) is 47.6 Å². The second-order valence-electron chi connectivity index (χ2n) is 13.5. The molecule has 1 aliphatic carbocycles. The molecule has 1 fully saturated rings. The summed E-state index contributed by atoms with van der Waals surface area (Å²) in [6.07, 6.45) is -0.173. The fraction of sp³-hybridized carbons (Fsp3) is 0.605. The number of amides is 2. The highest BCUT2D eigenvalue weighted by molar-refractivity contribution is 5.98. The van der Waals surface area contributed by atoms with Crippen LogP contribution < -0.4 is 25.8 Å². The minimum atomic E-state index is -4.52. The number of nitrogens with one attached hydrogen (secondary N) is 2. The molecule has 0 saturated heterocycles. The molecule has 3 atom stereocenters. The van der Waals surface area contributed by atoms with E-state index in [9.17, 15) is 9.59 Å². The maximum Gasteiger partial charge on any atom is 0.398 e. The van der Waals surface area contributed by atoms with Crippen LogP contribution in [-0.2, 0) is 16.6 Å². The van der Waals surface area contributed by atoms with Gasteiger partial charge in [-0.2, -0.15) is 13.2 Å². The van der Waals surface area contributed by atoms with Gasteiger partial charge >= 0.3 is 6.18 Å². The van der Waals surface area contributed by atoms with Crippen LogP contribution in [0.1, 0.15) is 132 Å². The van der Waals surface area contributed by atoms with Gasteiger partial charge in [0.1, 0.15) is 17.1 Å². The summed E-state index contributed by atoms with van der Waals surface area (Å²) in [6, 6.07) is 9.18. The quantitative estimate of drug-likeness (QED) is 0.260. The Morgan fingerprint density at radius 1 is 1.06 bits per heavy atom. The number of hydrogen-bond acceptors (Lipinski definition) is 6. The lowest BCUT2D eigenvalue weighted by Gasteiger charge is -2.48. The fourth-order valence-corrected chi connectivity index (χ4v) is 7.49. The fourth-order valence-electron chi connectivity index (χ4n) is 7.49. The summed E-state index contributed by atoms with van der Waals surface area (Å²) in [5.41, 5.74) is 5.19. The Labute approximate surface area is 288 Å². The molecule has 3 unspecified atom stereocenters. The first-order valence-electron chi connectivity index (χ1n) is 17.9. The average molecular weight is 687 g/mol. The minimum absolute atomic E-state index is 0.00625. The van der Waals surface area contributed by atoms with Crippen LogP contribution in [0.25, 0.3) is 0 Å². The molecule has 49 heavy (non-hydrogen) atoms. The average Bonchev–Trinajstić information content (AvgIpc) is 3.03. The highest BCUT2D eigenvalue weighted by Crippen LogP contribution is 2.57. The van der Waals surface area contributed by atoms with E-state index >= 15 is 13.2 Å². The molecule has 11 heteroatoms. The van der Waals surface area contributed by atoms with Gasteiger partial charge in [-0.1, -0.05) is 46.6 Å². The second-order valence-corrected chi connectivity index (χ2v) is 13.5. The van der Waals surface area contributed by atoms with E-state index < -0.39 is 35.2 Å². The van der Waals surface area contributed by atoms with Crippen LogP contribution in [-0.4, -0.2) is 42.2 Å². The Balaban J connectivity index is 0.00000130. The molecule has 0 spiro atoms. The number of fused-ring (bicyclic) bond motifs is 2. The largest absolute Gasteiger partial charge is 0.493 e. The standard InChI is InChI=1S/C34H41F3N4O4.2C2H6/c1-32(2)19-26(40-30(43)21-10-12-27-20(16-21)6-5-15-44-27)25-17-23(11-13-28(25)45-32)33(34(35,36)37,22-7-3-8-22)14-4-9-24-18-29(42)41-31(38)39-24;2*1-2/h10-13,16-17,22,24,26H,3-9,14-15,18-19H2,1-2H3,(H,40,43)(H3,38,39,41,42);2*1-2H3. The van der Waals surface area contributed by atoms with Crippen molar-refractivity contribution in [2.75, 3.05) is 6.61 Å². The van der Waals surface area contributed by atoms with E-state index in [2.05, 4.69) is 15.6 Å². The van der Waals surface area contributed by atoms with Crippen molar-refractivity contribution in [1.82, 2.24) is 10.6 Å². The van der Waals surface area contributed by atoms with Gasteiger partial charge in [0, 0.05) is 24.0 Å². The number of benzene rings is 2. The van der Waals surface area contributed by atoms with Crippen LogP contribution in [0.3, 0.4) is 0 Å². The predicted molar refractivity (Wildman–Crippen MR) is 186 cm³/mol. The molecule has 4 N–H and O–H groups in total. The van der Waals surface area contributed by atoms with E-state index in [0.717, 1.165) is 30.6 Å². The maximum atomic E-state index is 15.4. The molecule has 2 aromatic carbocycles. The highest BCUT2D eigenvalue weighted by Gasteiger charge is 2.61. The third-order valence-corrected chi connectivity index (χ3v) is 9.88. The van der Waals surface area contributed by atoms with Crippen LogP contribution in [0, 0.1) is 5.92 Å². The van der Waals surface area contributed by atoms with Crippen LogP contribution in [0.5, 0.6) is 11.5 Å². The molecule has 2 amide bonds. The van der Waals surface area contributed by atoms with E-state index in [-0.39, 0.29) is 42.6 Å². The Hall–Kier alpha value is -3.76. The number of rotatable bonds is 8. The van der Waals surface area contributed by atoms with Crippen LogP contribution in [0.4, 0.5) is 13.2 Å². The molecule has 8 nitrogen and oxygen atoms in total. The lowest BCUT2D eigenvalue weighted by Crippen LogP contribution is -2.51. The number of carbonyl (C=O) groups excluding carboxylic acids is 2. The van der Waals surface area contributed by atoms with Gasteiger partial charge in [0.15, 0.2) is 5.96 Å². The van der Waals surface area contributed by atoms with E-state index in [1.54, 1.807) is 30.3 Å². The second kappa shape index (κ2) is 15.9. The van der Waals surface area contributed by atoms with Crippen molar-refractivity contribution in [3.8, 4) is 11.5 Å². The molecule has 3 aliphatic heterocycles. The van der Waals surface area contributed by atoms with E-state index in [0.29, 0.717) is 49.2 Å². The number of nitrogens with two attached hydrogens (primary N) is 1. The van der Waals surface area contributed by atoms with Gasteiger partial charge in [-0.05, 0) is 99.7 Å². The molecular formula is C38H53F3N4O4. The number of aliphatic imine (C=N–C) groups is 1. The molecule has 0 radical (unpaired) electrons. The molecule has 0 bridgehead atoms. The van der Waals surface area contributed by atoms with Gasteiger partial charge in [0.05, 0.1) is 24.1 Å². The summed E-state index contributed by atoms with van der Waals surface area (Å²) >= 11 is 0. The van der Waals surface area contributed by atoms with Crippen molar-refractivity contribution >= 4 is 17.8 Å². The van der Waals surface area contributed by atoms with Crippen LogP contribution in [0.2, 0.25) is 0 Å². The maximum absolute atomic E-state index is 15.4. The molecule has 4 aliphatic rings. The van der Waals surface area contributed by atoms with Crippen LogP contribution >= 0.6 is 0 Å². The van der Waals surface area contributed by atoms with E-state index in [4.69, 9.17) is 15.2 Å². The molecule has 270 valence electrons. The zero-order valence-electron chi connectivity index (χ0n) is 29.8. The normalized spacial score (nSPS) is 22.2. The van der Waals surface area contributed by atoms with Crippen molar-refractivity contribution in [2.45, 2.75) is 135 Å². The topological polar surface area (TPSA) is 115 Å². The number of ether oxygens (including phenoxy) is 2. The third-order valence-electron chi connectivity index (χ3n) is 9.88. The van der Waals surface area contributed by atoms with Gasteiger partial charge in [0.2, 0.25) is 5.91 Å². The van der Waals surface area contributed by atoms with Crippen LogP contribution in [0.15, 0.2) is 41.4 Å². The Morgan fingerprint density at radius 3 is 2.43 bits per heavy atom. The lowest BCUT2D eigenvalue weighted by atomic mass is 9.59. The monoisotopic (exact) mass is 686 g/mol. The number of nitrogens with zero attached hydrogens (tertiary/aromatic N) is 1. The first-order chi connectivity index (χ1) is 23.3. The van der Waals surface area contributed by atoms with Crippen molar-refractivity contribution in [3.63, 3.8) is 0 Å². The zero-order chi connectivity index (χ0) is 36.0. The first kappa shape index (κ1) is 38.0. The summed E-state index contributed by atoms with van der Waals surface area (Å²) in [6.45, 7) is 12.5. The van der Waals surface area contributed by atoms with E-state index in [1.165, 1.54) is 0 Å². The summed E-state index contributed by atoms with van der Waals surface area (Å²) < 4.78 is 58.2. The van der Waals surface area contributed by atoms with Crippen molar-refractivity contribution in [2.24, 2.45) is 16.6 Å². The molecule has 6 rings (SSSR count). The Kier molecular flexibility index (Phi) is 12.3. The number of hydrogen-bond donors (Lipinski definition) is 3. The number of halogens is 3. The predicted octanol–water partition coefficient (Wildman–Crippen LogP) is 8.07. The van der Waals surface area contributed by atoms with Gasteiger partial charge < -0.3 is 20.5 Å². The zero-order valence-corrected chi connectivity index (χ0v) is 29.8. The SMILES string of the molecule is CC.CC.CC1(C)CC(NC(=O)c2ccc3c(c2)CCCO3)c2cc(C(CCCC3CC(=O)NC(N)=N3)(C3CCC3)C(F)(F)F)ccc2O1. The number of aryl methyl sites for hydroxylation is 1. The molecular weight excluding hydrogens is 633 g/mol. The number of guanidine groups is 1. The summed E-state index contributed by atoms with van der Waals surface area (Å²) in [4.78, 5) is 29.7. The Bertz CT molecular complexity index is 1500. The summed E-state index contributed by atoms with van der Waals surface area (Å²) in [5, 5.41) is 5.56.